The number of fused-ring (bicyclic) bond motifs is 1. The molecule has 0 atom stereocenters. The van der Waals surface area contributed by atoms with Gasteiger partial charge in [-0.1, -0.05) is 17.7 Å². The second-order valence-electron chi connectivity index (χ2n) is 5.01. The highest BCUT2D eigenvalue weighted by molar-refractivity contribution is 7.10. The van der Waals surface area contributed by atoms with Gasteiger partial charge in [0.05, 0.1) is 27.3 Å². The van der Waals surface area contributed by atoms with Crippen molar-refractivity contribution in [1.82, 2.24) is 13.9 Å². The van der Waals surface area contributed by atoms with Crippen LogP contribution >= 0.6 is 23.1 Å². The quantitative estimate of drug-likeness (QED) is 0.768. The lowest BCUT2D eigenvalue weighted by Crippen LogP contribution is -2.04. The number of aryl methyl sites for hydroxylation is 1. The molecule has 3 rings (SSSR count). The van der Waals surface area contributed by atoms with Crippen LogP contribution < -0.4 is 5.73 Å². The van der Waals surface area contributed by atoms with Crippen LogP contribution in [0.15, 0.2) is 18.2 Å². The Balaban J connectivity index is 2.42. The molecule has 20 heavy (non-hydrogen) atoms. The molecule has 2 heterocycles. The molecule has 0 unspecified atom stereocenters. The van der Waals surface area contributed by atoms with Gasteiger partial charge >= 0.3 is 0 Å². The largest absolute Gasteiger partial charge is 0.389 e. The molecule has 0 bridgehead atoms. The topological polar surface area (TPSA) is 56.7 Å². The first-order valence-electron chi connectivity index (χ1n) is 6.39. The van der Waals surface area contributed by atoms with Crippen molar-refractivity contribution in [3.8, 4) is 11.4 Å². The summed E-state index contributed by atoms with van der Waals surface area (Å²) in [7, 11) is 0. The number of hydrogen-bond acceptors (Lipinski definition) is 4. The second kappa shape index (κ2) is 4.75. The minimum atomic E-state index is 0.230. The van der Waals surface area contributed by atoms with Crippen molar-refractivity contribution in [2.24, 2.45) is 0 Å². The van der Waals surface area contributed by atoms with E-state index in [0.29, 0.717) is 10.0 Å². The molecule has 0 aliphatic carbocycles. The van der Waals surface area contributed by atoms with Crippen molar-refractivity contribution in [3.05, 3.63) is 28.9 Å². The molecule has 0 amide bonds. The Labute approximate surface area is 126 Å². The number of hydrogen-bond donors (Lipinski definition) is 1. The molecule has 0 saturated heterocycles. The molecule has 6 heteroatoms. The molecule has 0 aliphatic rings. The van der Waals surface area contributed by atoms with Crippen LogP contribution in [0.1, 0.15) is 25.6 Å². The van der Waals surface area contributed by atoms with Crippen LogP contribution in [-0.2, 0) is 0 Å². The summed E-state index contributed by atoms with van der Waals surface area (Å²) < 4.78 is 6.45. The smallest absolute Gasteiger partial charge is 0.146 e. The number of imidazole rings is 1. The van der Waals surface area contributed by atoms with Gasteiger partial charge in [0, 0.05) is 6.04 Å². The Kier molecular flexibility index (Phi) is 3.18. The van der Waals surface area contributed by atoms with E-state index in [1.54, 1.807) is 0 Å². The average Bonchev–Trinajstić information content (AvgIpc) is 2.91. The molecule has 1 aromatic carbocycles. The lowest BCUT2D eigenvalue weighted by atomic mass is 10.2. The number of nitrogens with two attached hydrogens (primary N) is 1. The average molecular weight is 307 g/mol. The van der Waals surface area contributed by atoms with Crippen LogP contribution in [0.5, 0.6) is 0 Å². The van der Waals surface area contributed by atoms with Crippen molar-refractivity contribution >= 4 is 39.2 Å². The third-order valence-corrected chi connectivity index (χ3v) is 4.36. The standard InChI is InChI=1S/C14H15ClN4S/c1-7(2)19-12-9(15)5-4-6-10(12)17-14(19)11-8(3)18-20-13(11)16/h4-7H,16H2,1-3H3. The van der Waals surface area contributed by atoms with E-state index >= 15 is 0 Å². The maximum Gasteiger partial charge on any atom is 0.146 e. The van der Waals surface area contributed by atoms with E-state index in [0.717, 1.165) is 28.1 Å². The lowest BCUT2D eigenvalue weighted by Gasteiger charge is -2.13. The Hall–Kier alpha value is -1.59. The first-order chi connectivity index (χ1) is 9.50. The number of nitrogen functional groups attached to an aromatic ring is 1. The molecular formula is C14H15ClN4S. The lowest BCUT2D eigenvalue weighted by molar-refractivity contribution is 0.624. The summed E-state index contributed by atoms with van der Waals surface area (Å²) in [6.45, 7) is 6.17. The number of para-hydroxylation sites is 1. The monoisotopic (exact) mass is 306 g/mol. The maximum atomic E-state index is 6.36. The van der Waals surface area contributed by atoms with E-state index < -0.39 is 0 Å². The Morgan fingerprint density at radius 3 is 2.70 bits per heavy atom. The number of nitrogens with zero attached hydrogens (tertiary/aromatic N) is 3. The zero-order chi connectivity index (χ0) is 14.4. The number of anilines is 1. The van der Waals surface area contributed by atoms with Crippen LogP contribution in [0.2, 0.25) is 5.02 Å². The van der Waals surface area contributed by atoms with Gasteiger partial charge in [0.25, 0.3) is 0 Å². The summed E-state index contributed by atoms with van der Waals surface area (Å²) in [4.78, 5) is 4.72. The van der Waals surface area contributed by atoms with Gasteiger partial charge in [-0.2, -0.15) is 4.37 Å². The fourth-order valence-corrected chi connectivity index (χ4v) is 3.36. The highest BCUT2D eigenvalue weighted by Crippen LogP contribution is 2.37. The van der Waals surface area contributed by atoms with E-state index in [-0.39, 0.29) is 6.04 Å². The summed E-state index contributed by atoms with van der Waals surface area (Å²) in [5, 5.41) is 1.39. The van der Waals surface area contributed by atoms with E-state index in [9.17, 15) is 0 Å². The van der Waals surface area contributed by atoms with Crippen LogP contribution in [0, 0.1) is 6.92 Å². The normalized spacial score (nSPS) is 11.7. The predicted octanol–water partition coefficient (Wildman–Crippen LogP) is 4.28. The molecule has 4 nitrogen and oxygen atoms in total. The van der Waals surface area contributed by atoms with Crippen LogP contribution in [-0.4, -0.2) is 13.9 Å². The Morgan fingerprint density at radius 2 is 2.10 bits per heavy atom. The fraction of sp³-hybridized carbons (Fsp3) is 0.286. The van der Waals surface area contributed by atoms with Crippen molar-refractivity contribution in [1.29, 1.82) is 0 Å². The summed E-state index contributed by atoms with van der Waals surface area (Å²) in [5.74, 6) is 0.840. The first kappa shape index (κ1) is 13.4. The second-order valence-corrected chi connectivity index (χ2v) is 6.23. The van der Waals surface area contributed by atoms with Crippen LogP contribution in [0.25, 0.3) is 22.4 Å². The highest BCUT2D eigenvalue weighted by Gasteiger charge is 2.21. The van der Waals surface area contributed by atoms with E-state index in [4.69, 9.17) is 22.3 Å². The minimum absolute atomic E-state index is 0.230. The van der Waals surface area contributed by atoms with Crippen LogP contribution in [0.4, 0.5) is 5.00 Å². The number of halogens is 1. The SMILES string of the molecule is Cc1nsc(N)c1-c1nc2cccc(Cl)c2n1C(C)C. The highest BCUT2D eigenvalue weighted by atomic mass is 35.5. The van der Waals surface area contributed by atoms with Crippen molar-refractivity contribution < 1.29 is 0 Å². The minimum Gasteiger partial charge on any atom is -0.389 e. The van der Waals surface area contributed by atoms with Gasteiger partial charge in [-0.25, -0.2) is 4.98 Å². The molecule has 2 N–H and O–H groups in total. The first-order valence-corrected chi connectivity index (χ1v) is 7.54. The van der Waals surface area contributed by atoms with Gasteiger partial charge in [-0.3, -0.25) is 0 Å². The summed E-state index contributed by atoms with van der Waals surface area (Å²) in [5.41, 5.74) is 9.72. The van der Waals surface area contributed by atoms with E-state index in [1.807, 2.05) is 25.1 Å². The van der Waals surface area contributed by atoms with Gasteiger partial charge in [0.1, 0.15) is 10.8 Å². The van der Waals surface area contributed by atoms with Crippen molar-refractivity contribution in [3.63, 3.8) is 0 Å². The van der Waals surface area contributed by atoms with Crippen LogP contribution in [0.3, 0.4) is 0 Å². The third-order valence-electron chi connectivity index (χ3n) is 3.29. The zero-order valence-corrected chi connectivity index (χ0v) is 13.1. The molecule has 2 aromatic heterocycles. The molecule has 0 spiro atoms. The van der Waals surface area contributed by atoms with E-state index in [2.05, 4.69) is 22.8 Å². The van der Waals surface area contributed by atoms with Gasteiger partial charge in [-0.15, -0.1) is 0 Å². The van der Waals surface area contributed by atoms with Crippen molar-refractivity contribution in [2.75, 3.05) is 5.73 Å². The predicted molar refractivity (Wildman–Crippen MR) is 85.4 cm³/mol. The number of rotatable bonds is 2. The maximum absolute atomic E-state index is 6.36. The Morgan fingerprint density at radius 1 is 1.35 bits per heavy atom. The molecule has 0 aliphatic heterocycles. The zero-order valence-electron chi connectivity index (χ0n) is 11.5. The molecule has 0 saturated carbocycles. The molecule has 0 radical (unpaired) electrons. The van der Waals surface area contributed by atoms with E-state index in [1.165, 1.54) is 11.5 Å². The van der Waals surface area contributed by atoms with Gasteiger partial charge < -0.3 is 10.3 Å². The Bertz CT molecular complexity index is 768. The summed E-state index contributed by atoms with van der Waals surface area (Å²) >= 11 is 7.66. The third kappa shape index (κ3) is 1.89. The number of aromatic nitrogens is 3. The summed E-state index contributed by atoms with van der Waals surface area (Å²) in [6.07, 6.45) is 0. The number of benzene rings is 1. The van der Waals surface area contributed by atoms with Gasteiger partial charge in [0.15, 0.2) is 0 Å². The molecule has 104 valence electrons. The van der Waals surface area contributed by atoms with Crippen molar-refractivity contribution in [2.45, 2.75) is 26.8 Å². The molecule has 0 fully saturated rings. The molecular weight excluding hydrogens is 292 g/mol. The fourth-order valence-electron chi connectivity index (χ4n) is 2.44. The van der Waals surface area contributed by atoms with Gasteiger partial charge in [-0.05, 0) is 44.4 Å². The molecule has 3 aromatic rings. The van der Waals surface area contributed by atoms with Gasteiger partial charge in [0.2, 0.25) is 0 Å². The summed E-state index contributed by atoms with van der Waals surface area (Å²) in [6, 6.07) is 5.99.